The van der Waals surface area contributed by atoms with Crippen molar-refractivity contribution < 1.29 is 4.74 Å². The van der Waals surface area contributed by atoms with E-state index < -0.39 is 0 Å². The molecule has 9 nitrogen and oxygen atoms in total. The average Bonchev–Trinajstić information content (AvgIpc) is 3.40. The minimum atomic E-state index is 0.674. The molecule has 0 aromatic carbocycles. The number of anilines is 2. The highest BCUT2D eigenvalue weighted by molar-refractivity contribution is 5.73. The molecule has 0 spiro atoms. The molecule has 0 unspecified atom stereocenters. The second-order valence-corrected chi connectivity index (χ2v) is 7.12. The van der Waals surface area contributed by atoms with Gasteiger partial charge in [-0.15, -0.1) is 0 Å². The molecule has 1 aliphatic rings. The molecule has 1 saturated heterocycles. The normalized spacial score (nSPS) is 15.1. The van der Waals surface area contributed by atoms with E-state index in [1.54, 1.807) is 6.20 Å². The number of fused-ring (bicyclic) bond motifs is 1. The van der Waals surface area contributed by atoms with Crippen LogP contribution >= 0.6 is 0 Å². The maximum Gasteiger partial charge on any atom is 0.181 e. The highest BCUT2D eigenvalue weighted by Crippen LogP contribution is 2.25. The van der Waals surface area contributed by atoms with Crippen molar-refractivity contribution in [2.24, 2.45) is 0 Å². The van der Waals surface area contributed by atoms with E-state index in [1.165, 1.54) is 5.56 Å². The van der Waals surface area contributed by atoms with Crippen LogP contribution in [0.4, 0.5) is 11.6 Å². The topological polar surface area (TPSA) is 96.3 Å². The molecule has 29 heavy (non-hydrogen) atoms. The highest BCUT2D eigenvalue weighted by Gasteiger charge is 2.14. The maximum atomic E-state index is 5.41. The number of nitrogens with one attached hydrogen (secondary N) is 2. The largest absolute Gasteiger partial charge is 0.379 e. The van der Waals surface area contributed by atoms with E-state index in [9.17, 15) is 0 Å². The van der Waals surface area contributed by atoms with Crippen LogP contribution in [-0.2, 0) is 11.3 Å². The first kappa shape index (κ1) is 17.8. The van der Waals surface area contributed by atoms with Gasteiger partial charge in [-0.2, -0.15) is 5.10 Å². The number of hydrogen-bond acceptors (Lipinski definition) is 7. The predicted molar refractivity (Wildman–Crippen MR) is 109 cm³/mol. The molecule has 4 aromatic heterocycles. The summed E-state index contributed by atoms with van der Waals surface area (Å²) in [5.41, 5.74) is 4.73. The summed E-state index contributed by atoms with van der Waals surface area (Å²) in [6.07, 6.45) is 9.33. The Bertz CT molecular complexity index is 1100. The quantitative estimate of drug-likeness (QED) is 0.540. The first-order valence-corrected chi connectivity index (χ1v) is 9.62. The Hall–Kier alpha value is -3.30. The Morgan fingerprint density at radius 1 is 1.14 bits per heavy atom. The number of hydrogen-bond donors (Lipinski definition) is 2. The van der Waals surface area contributed by atoms with Crippen LogP contribution in [0.25, 0.3) is 16.9 Å². The predicted octanol–water partition coefficient (Wildman–Crippen LogP) is 2.40. The third kappa shape index (κ3) is 3.69. The number of rotatable bonds is 5. The fourth-order valence-electron chi connectivity index (χ4n) is 3.53. The lowest BCUT2D eigenvalue weighted by atomic mass is 10.2. The number of aromatic nitrogens is 6. The van der Waals surface area contributed by atoms with Gasteiger partial charge in [-0.05, 0) is 18.6 Å². The van der Waals surface area contributed by atoms with Crippen molar-refractivity contribution in [2.45, 2.75) is 13.5 Å². The number of H-pyrrole nitrogens is 1. The van der Waals surface area contributed by atoms with Gasteiger partial charge in [-0.1, -0.05) is 6.07 Å². The lowest BCUT2D eigenvalue weighted by Crippen LogP contribution is -2.35. The van der Waals surface area contributed by atoms with Crippen LogP contribution < -0.4 is 5.32 Å². The molecule has 1 fully saturated rings. The molecule has 9 heteroatoms. The van der Waals surface area contributed by atoms with Crippen LogP contribution in [0.3, 0.4) is 0 Å². The number of aromatic amines is 1. The molecule has 4 aromatic rings. The van der Waals surface area contributed by atoms with E-state index >= 15 is 0 Å². The third-order valence-corrected chi connectivity index (χ3v) is 4.99. The minimum Gasteiger partial charge on any atom is -0.379 e. The summed E-state index contributed by atoms with van der Waals surface area (Å²) in [5, 5.41) is 10.2. The van der Waals surface area contributed by atoms with Crippen molar-refractivity contribution in [3.63, 3.8) is 0 Å². The Labute approximate surface area is 167 Å². The Morgan fingerprint density at radius 2 is 2.03 bits per heavy atom. The molecule has 5 heterocycles. The second-order valence-electron chi connectivity index (χ2n) is 7.12. The molecule has 0 atom stereocenters. The van der Waals surface area contributed by atoms with Gasteiger partial charge < -0.3 is 10.1 Å². The molecule has 0 aliphatic carbocycles. The lowest BCUT2D eigenvalue weighted by molar-refractivity contribution is 0.0341. The van der Waals surface area contributed by atoms with Crippen LogP contribution in [0.5, 0.6) is 0 Å². The second kappa shape index (κ2) is 7.61. The van der Waals surface area contributed by atoms with Gasteiger partial charge >= 0.3 is 0 Å². The van der Waals surface area contributed by atoms with Crippen molar-refractivity contribution in [1.29, 1.82) is 0 Å². The SMILES string of the molecule is Cc1cn2c(-c3cn[nH]c3)cnc2c(Nc2ccc(CN3CCOCC3)cn2)n1. The van der Waals surface area contributed by atoms with Gasteiger partial charge in [0.2, 0.25) is 0 Å². The number of morpholine rings is 1. The molecule has 2 N–H and O–H groups in total. The fourth-order valence-corrected chi connectivity index (χ4v) is 3.53. The zero-order chi connectivity index (χ0) is 19.6. The summed E-state index contributed by atoms with van der Waals surface area (Å²) in [6, 6.07) is 4.08. The van der Waals surface area contributed by atoms with Crippen molar-refractivity contribution in [2.75, 3.05) is 31.6 Å². The molecule has 0 radical (unpaired) electrons. The summed E-state index contributed by atoms with van der Waals surface area (Å²) in [5.74, 6) is 1.41. The van der Waals surface area contributed by atoms with E-state index in [-0.39, 0.29) is 0 Å². The number of ether oxygens (including phenoxy) is 1. The summed E-state index contributed by atoms with van der Waals surface area (Å²) >= 11 is 0. The van der Waals surface area contributed by atoms with Gasteiger partial charge in [0, 0.05) is 43.8 Å². The van der Waals surface area contributed by atoms with E-state index in [4.69, 9.17) is 4.74 Å². The van der Waals surface area contributed by atoms with Crippen LogP contribution in [0.1, 0.15) is 11.3 Å². The lowest BCUT2D eigenvalue weighted by Gasteiger charge is -2.26. The Morgan fingerprint density at radius 3 is 2.79 bits per heavy atom. The van der Waals surface area contributed by atoms with Gasteiger partial charge in [0.25, 0.3) is 0 Å². The first-order chi connectivity index (χ1) is 14.3. The summed E-state index contributed by atoms with van der Waals surface area (Å²) < 4.78 is 7.42. The minimum absolute atomic E-state index is 0.674. The number of aryl methyl sites for hydroxylation is 1. The average molecular weight is 390 g/mol. The molecular weight excluding hydrogens is 368 g/mol. The van der Waals surface area contributed by atoms with Crippen LogP contribution in [0, 0.1) is 6.92 Å². The number of imidazole rings is 1. The van der Waals surface area contributed by atoms with Crippen LogP contribution in [-0.4, -0.2) is 60.8 Å². The van der Waals surface area contributed by atoms with Crippen molar-refractivity contribution in [3.8, 4) is 11.3 Å². The monoisotopic (exact) mass is 390 g/mol. The molecule has 148 valence electrons. The van der Waals surface area contributed by atoms with Crippen LogP contribution in [0.2, 0.25) is 0 Å². The highest BCUT2D eigenvalue weighted by atomic mass is 16.5. The van der Waals surface area contributed by atoms with E-state index in [0.29, 0.717) is 5.82 Å². The van der Waals surface area contributed by atoms with Crippen molar-refractivity contribution in [3.05, 3.63) is 54.4 Å². The third-order valence-electron chi connectivity index (χ3n) is 4.99. The zero-order valence-corrected chi connectivity index (χ0v) is 16.2. The fraction of sp³-hybridized carbons (Fsp3) is 0.300. The molecule has 0 bridgehead atoms. The first-order valence-electron chi connectivity index (χ1n) is 9.62. The summed E-state index contributed by atoms with van der Waals surface area (Å²) in [6.45, 7) is 6.37. The summed E-state index contributed by atoms with van der Waals surface area (Å²) in [4.78, 5) is 16.1. The Kier molecular flexibility index (Phi) is 4.66. The summed E-state index contributed by atoms with van der Waals surface area (Å²) in [7, 11) is 0. The van der Waals surface area contributed by atoms with Crippen molar-refractivity contribution in [1.82, 2.24) is 34.4 Å². The van der Waals surface area contributed by atoms with Gasteiger partial charge in [0.1, 0.15) is 5.82 Å². The van der Waals surface area contributed by atoms with E-state index in [0.717, 1.165) is 61.3 Å². The molecule has 5 rings (SSSR count). The molecule has 0 amide bonds. The van der Waals surface area contributed by atoms with Gasteiger partial charge in [-0.3, -0.25) is 14.4 Å². The Balaban J connectivity index is 1.38. The number of pyridine rings is 1. The molecule has 1 aliphatic heterocycles. The standard InChI is InChI=1S/C20H22N8O/c1-14-12-28-17(16-9-23-24-10-16)11-22-20(28)19(25-14)26-18-3-2-15(8-21-18)13-27-4-6-29-7-5-27/h2-3,8-12H,4-7,13H2,1H3,(H,23,24)(H,21,25,26). The number of nitrogens with zero attached hydrogens (tertiary/aromatic N) is 6. The molecular formula is C20H22N8O. The van der Waals surface area contributed by atoms with Crippen LogP contribution in [0.15, 0.2) is 43.1 Å². The van der Waals surface area contributed by atoms with E-state index in [2.05, 4.69) is 41.4 Å². The van der Waals surface area contributed by atoms with Gasteiger partial charge in [0.15, 0.2) is 11.5 Å². The van der Waals surface area contributed by atoms with E-state index in [1.807, 2.05) is 42.2 Å². The van der Waals surface area contributed by atoms with Gasteiger partial charge in [0.05, 0.1) is 37.0 Å². The van der Waals surface area contributed by atoms with Gasteiger partial charge in [-0.25, -0.2) is 15.0 Å². The molecule has 0 saturated carbocycles. The smallest absolute Gasteiger partial charge is 0.181 e. The maximum absolute atomic E-state index is 5.41. The van der Waals surface area contributed by atoms with Crippen molar-refractivity contribution >= 4 is 17.3 Å². The zero-order valence-electron chi connectivity index (χ0n) is 16.2.